The summed E-state index contributed by atoms with van der Waals surface area (Å²) in [4.78, 5) is 24.4. The van der Waals surface area contributed by atoms with Gasteiger partial charge in [-0.2, -0.15) is 0 Å². The Balaban J connectivity index is 1.57. The molecule has 1 aliphatic carbocycles. The van der Waals surface area contributed by atoms with E-state index in [-0.39, 0.29) is 12.4 Å². The van der Waals surface area contributed by atoms with Crippen molar-refractivity contribution in [2.24, 2.45) is 0 Å². The van der Waals surface area contributed by atoms with Crippen LogP contribution in [-0.4, -0.2) is 18.4 Å². The van der Waals surface area contributed by atoms with E-state index in [0.29, 0.717) is 17.0 Å². The van der Waals surface area contributed by atoms with E-state index in [1.807, 2.05) is 44.2 Å². The molecule has 0 bridgehead atoms. The number of hydrogen-bond donors (Lipinski definition) is 0. The fourth-order valence-electron chi connectivity index (χ4n) is 3.54. The van der Waals surface area contributed by atoms with E-state index in [9.17, 15) is 9.59 Å². The van der Waals surface area contributed by atoms with Crippen LogP contribution in [0.2, 0.25) is 0 Å². The first kappa shape index (κ1) is 18.4. The number of ketones is 1. The normalized spacial score (nSPS) is 14.8. The van der Waals surface area contributed by atoms with E-state index in [1.165, 1.54) is 37.7 Å². The van der Waals surface area contributed by atoms with Crippen molar-refractivity contribution in [1.82, 2.24) is 0 Å². The standard InChI is InChI=1S/C23H26O3/c1-16-8-9-21(14-17(16)2)23(25)26-15-22(24)20-12-10-19(11-13-20)18-6-4-3-5-7-18/h8-14,18H,3-7,15H2,1-2H3. The van der Waals surface area contributed by atoms with Gasteiger partial charge < -0.3 is 4.74 Å². The molecule has 1 saturated carbocycles. The molecule has 1 fully saturated rings. The van der Waals surface area contributed by atoms with Crippen LogP contribution in [0.1, 0.15) is 75.4 Å². The van der Waals surface area contributed by atoms with Crippen molar-refractivity contribution >= 4 is 11.8 Å². The molecule has 0 heterocycles. The maximum Gasteiger partial charge on any atom is 0.338 e. The average Bonchev–Trinajstić information content (AvgIpc) is 2.68. The fourth-order valence-corrected chi connectivity index (χ4v) is 3.54. The molecule has 0 atom stereocenters. The lowest BCUT2D eigenvalue weighted by atomic mass is 9.84. The minimum atomic E-state index is -0.458. The Morgan fingerprint density at radius 1 is 0.885 bits per heavy atom. The van der Waals surface area contributed by atoms with E-state index in [4.69, 9.17) is 4.74 Å². The van der Waals surface area contributed by atoms with Gasteiger partial charge in [-0.15, -0.1) is 0 Å². The number of carbonyl (C=O) groups is 2. The first-order chi connectivity index (χ1) is 12.5. The molecule has 0 unspecified atom stereocenters. The molecule has 136 valence electrons. The van der Waals surface area contributed by atoms with Crippen LogP contribution in [0.25, 0.3) is 0 Å². The van der Waals surface area contributed by atoms with Gasteiger partial charge in [-0.25, -0.2) is 4.79 Å². The second kappa shape index (κ2) is 8.31. The van der Waals surface area contributed by atoms with Crippen molar-refractivity contribution in [3.63, 3.8) is 0 Å². The summed E-state index contributed by atoms with van der Waals surface area (Å²) in [6.45, 7) is 3.71. The van der Waals surface area contributed by atoms with Crippen molar-refractivity contribution < 1.29 is 14.3 Å². The first-order valence-electron chi connectivity index (χ1n) is 9.42. The van der Waals surface area contributed by atoms with Gasteiger partial charge in [-0.05, 0) is 61.4 Å². The molecule has 0 aliphatic heterocycles. The number of rotatable bonds is 5. The highest BCUT2D eigenvalue weighted by molar-refractivity contribution is 5.99. The van der Waals surface area contributed by atoms with Gasteiger partial charge in [0.25, 0.3) is 0 Å². The molecule has 0 N–H and O–H groups in total. The van der Waals surface area contributed by atoms with Crippen LogP contribution < -0.4 is 0 Å². The van der Waals surface area contributed by atoms with Crippen molar-refractivity contribution in [2.45, 2.75) is 51.9 Å². The molecule has 3 heteroatoms. The van der Waals surface area contributed by atoms with Gasteiger partial charge >= 0.3 is 5.97 Å². The number of ether oxygens (including phenoxy) is 1. The Morgan fingerprint density at radius 2 is 1.54 bits per heavy atom. The van der Waals surface area contributed by atoms with Gasteiger partial charge in [0, 0.05) is 5.56 Å². The molecular formula is C23H26O3. The molecule has 1 aliphatic rings. The summed E-state index contributed by atoms with van der Waals surface area (Å²) in [5, 5.41) is 0. The summed E-state index contributed by atoms with van der Waals surface area (Å²) >= 11 is 0. The zero-order valence-electron chi connectivity index (χ0n) is 15.6. The number of hydrogen-bond acceptors (Lipinski definition) is 3. The van der Waals surface area contributed by atoms with E-state index in [2.05, 4.69) is 0 Å². The highest BCUT2D eigenvalue weighted by Gasteiger charge is 2.17. The van der Waals surface area contributed by atoms with Crippen molar-refractivity contribution in [1.29, 1.82) is 0 Å². The van der Waals surface area contributed by atoms with Crippen LogP contribution in [0.5, 0.6) is 0 Å². The quantitative estimate of drug-likeness (QED) is 0.536. The fraction of sp³-hybridized carbons (Fsp3) is 0.391. The SMILES string of the molecule is Cc1ccc(C(=O)OCC(=O)c2ccc(C3CCCCC3)cc2)cc1C. The lowest BCUT2D eigenvalue weighted by molar-refractivity contribution is 0.0474. The maximum atomic E-state index is 12.3. The topological polar surface area (TPSA) is 43.4 Å². The Labute approximate surface area is 155 Å². The van der Waals surface area contributed by atoms with Crippen LogP contribution in [0.15, 0.2) is 42.5 Å². The third kappa shape index (κ3) is 4.40. The van der Waals surface area contributed by atoms with Gasteiger partial charge in [-0.3, -0.25) is 4.79 Å². The van der Waals surface area contributed by atoms with Gasteiger partial charge in [0.1, 0.15) is 0 Å². The lowest BCUT2D eigenvalue weighted by Crippen LogP contribution is -2.14. The second-order valence-corrected chi connectivity index (χ2v) is 7.26. The summed E-state index contributed by atoms with van der Waals surface area (Å²) in [6.07, 6.45) is 6.39. The van der Waals surface area contributed by atoms with Crippen molar-refractivity contribution in [3.05, 3.63) is 70.3 Å². The highest BCUT2D eigenvalue weighted by Crippen LogP contribution is 2.32. The van der Waals surface area contributed by atoms with Crippen LogP contribution in [0.4, 0.5) is 0 Å². The summed E-state index contributed by atoms with van der Waals surface area (Å²) in [6, 6.07) is 13.2. The smallest absolute Gasteiger partial charge is 0.338 e. The van der Waals surface area contributed by atoms with Crippen molar-refractivity contribution in [2.75, 3.05) is 6.61 Å². The molecular weight excluding hydrogens is 324 g/mol. The van der Waals surface area contributed by atoms with E-state index >= 15 is 0 Å². The Morgan fingerprint density at radius 3 is 2.19 bits per heavy atom. The van der Waals surface area contributed by atoms with Gasteiger partial charge in [0.05, 0.1) is 5.56 Å². The molecule has 0 radical (unpaired) electrons. The molecule has 3 rings (SSSR count). The monoisotopic (exact) mass is 350 g/mol. The zero-order valence-corrected chi connectivity index (χ0v) is 15.6. The highest BCUT2D eigenvalue weighted by atomic mass is 16.5. The van der Waals surface area contributed by atoms with Gasteiger partial charge in [-0.1, -0.05) is 49.6 Å². The van der Waals surface area contributed by atoms with Gasteiger partial charge in [0.15, 0.2) is 12.4 Å². The first-order valence-corrected chi connectivity index (χ1v) is 9.42. The molecule has 2 aromatic carbocycles. The number of aryl methyl sites for hydroxylation is 2. The molecule has 0 aromatic heterocycles. The number of Topliss-reactive ketones (excluding diaryl/α,β-unsaturated/α-hetero) is 1. The van der Waals surface area contributed by atoms with E-state index in [0.717, 1.165) is 11.1 Å². The van der Waals surface area contributed by atoms with E-state index in [1.54, 1.807) is 12.1 Å². The van der Waals surface area contributed by atoms with Crippen LogP contribution >= 0.6 is 0 Å². The number of carbonyl (C=O) groups excluding carboxylic acids is 2. The average molecular weight is 350 g/mol. The van der Waals surface area contributed by atoms with Gasteiger partial charge in [0.2, 0.25) is 0 Å². The maximum absolute atomic E-state index is 12.3. The summed E-state index contributed by atoms with van der Waals surface area (Å²) in [7, 11) is 0. The lowest BCUT2D eigenvalue weighted by Gasteiger charge is -2.22. The Hall–Kier alpha value is -2.42. The van der Waals surface area contributed by atoms with Crippen LogP contribution in [0.3, 0.4) is 0 Å². The zero-order chi connectivity index (χ0) is 18.5. The van der Waals surface area contributed by atoms with E-state index < -0.39 is 5.97 Å². The number of esters is 1. The summed E-state index contributed by atoms with van der Waals surface area (Å²) in [5.41, 5.74) is 4.54. The molecule has 0 spiro atoms. The Kier molecular flexibility index (Phi) is 5.87. The third-order valence-electron chi connectivity index (χ3n) is 5.39. The number of benzene rings is 2. The molecule has 0 saturated heterocycles. The minimum Gasteiger partial charge on any atom is -0.454 e. The molecule has 2 aromatic rings. The van der Waals surface area contributed by atoms with Crippen molar-refractivity contribution in [3.8, 4) is 0 Å². The summed E-state index contributed by atoms with van der Waals surface area (Å²) in [5.74, 6) is -0.00633. The molecule has 0 amide bonds. The molecule has 26 heavy (non-hydrogen) atoms. The Bertz CT molecular complexity index is 784. The minimum absolute atomic E-state index is 0.169. The largest absolute Gasteiger partial charge is 0.454 e. The predicted molar refractivity (Wildman–Crippen MR) is 103 cm³/mol. The third-order valence-corrected chi connectivity index (χ3v) is 5.39. The summed E-state index contributed by atoms with van der Waals surface area (Å²) < 4.78 is 5.20. The van der Waals surface area contributed by atoms with Crippen LogP contribution in [-0.2, 0) is 4.74 Å². The van der Waals surface area contributed by atoms with Crippen LogP contribution in [0, 0.1) is 13.8 Å². The second-order valence-electron chi connectivity index (χ2n) is 7.26. The molecule has 3 nitrogen and oxygen atoms in total. The predicted octanol–water partition coefficient (Wildman–Crippen LogP) is 5.39.